The van der Waals surface area contributed by atoms with Crippen LogP contribution in [0, 0.1) is 11.5 Å². The lowest BCUT2D eigenvalue weighted by atomic mass is 10.2. The summed E-state index contributed by atoms with van der Waals surface area (Å²) in [6.07, 6.45) is -2.30. The molecule has 8 nitrogen and oxygen atoms in total. The van der Waals surface area contributed by atoms with Gasteiger partial charge in [0.05, 0.1) is 12.5 Å². The molecule has 4 N–H and O–H groups in total. The first-order valence-corrected chi connectivity index (χ1v) is 13.5. The number of aliphatic hydroxyl groups is 1. The summed E-state index contributed by atoms with van der Waals surface area (Å²) in [6, 6.07) is 7.94. The van der Waals surface area contributed by atoms with Gasteiger partial charge in [-0.15, -0.1) is 11.5 Å². The number of carboxylic acids is 1. The highest BCUT2D eigenvalue weighted by Crippen LogP contribution is 2.35. The SMILES string of the molecule is CC(C)(C)[Si](C)(C)C#CC[C@H](NC(=O)C[C@@H](O)CNC(=O)OCc1ccccc1)C(=O)O. The molecule has 0 aliphatic carbocycles. The molecule has 32 heavy (non-hydrogen) atoms. The van der Waals surface area contributed by atoms with E-state index in [-0.39, 0.29) is 31.0 Å². The number of hydrogen-bond donors (Lipinski definition) is 4. The van der Waals surface area contributed by atoms with Crippen LogP contribution in [-0.4, -0.2) is 54.9 Å². The second kappa shape index (κ2) is 12.3. The van der Waals surface area contributed by atoms with Crippen LogP contribution in [-0.2, 0) is 20.9 Å². The number of benzene rings is 1. The van der Waals surface area contributed by atoms with E-state index < -0.39 is 38.2 Å². The number of carboxylic acid groups (broad SMARTS) is 1. The Hall–Kier alpha value is -2.83. The fraction of sp³-hybridized carbons (Fsp3) is 0.522. The summed E-state index contributed by atoms with van der Waals surface area (Å²) < 4.78 is 5.02. The number of ether oxygens (including phenoxy) is 1. The van der Waals surface area contributed by atoms with E-state index in [0.29, 0.717) is 0 Å². The average molecular weight is 463 g/mol. The van der Waals surface area contributed by atoms with Gasteiger partial charge in [0.1, 0.15) is 20.7 Å². The number of aliphatic hydroxyl groups excluding tert-OH is 1. The largest absolute Gasteiger partial charge is 0.480 e. The minimum atomic E-state index is -1.88. The van der Waals surface area contributed by atoms with Crippen molar-refractivity contribution in [1.82, 2.24) is 10.6 Å². The topological polar surface area (TPSA) is 125 Å². The van der Waals surface area contributed by atoms with Crippen molar-refractivity contribution in [3.8, 4) is 11.5 Å². The number of carbonyl (C=O) groups is 3. The van der Waals surface area contributed by atoms with Crippen molar-refractivity contribution < 1.29 is 29.3 Å². The molecule has 0 aliphatic heterocycles. The van der Waals surface area contributed by atoms with Gasteiger partial charge in [0.15, 0.2) is 0 Å². The molecule has 2 amide bonds. The van der Waals surface area contributed by atoms with Crippen molar-refractivity contribution in [3.05, 3.63) is 35.9 Å². The molecule has 0 aliphatic rings. The van der Waals surface area contributed by atoms with Crippen LogP contribution >= 0.6 is 0 Å². The van der Waals surface area contributed by atoms with Crippen LogP contribution in [0.15, 0.2) is 30.3 Å². The second-order valence-corrected chi connectivity index (χ2v) is 14.1. The van der Waals surface area contributed by atoms with Crippen LogP contribution in [0.3, 0.4) is 0 Å². The van der Waals surface area contributed by atoms with E-state index in [0.717, 1.165) is 5.56 Å². The summed E-state index contributed by atoms with van der Waals surface area (Å²) >= 11 is 0. The van der Waals surface area contributed by atoms with Gasteiger partial charge in [-0.2, -0.15) is 0 Å². The molecule has 1 aromatic carbocycles. The summed E-state index contributed by atoms with van der Waals surface area (Å²) in [5.41, 5.74) is 4.04. The molecule has 9 heteroatoms. The number of nitrogens with one attached hydrogen (secondary N) is 2. The first-order valence-electron chi connectivity index (χ1n) is 10.5. The van der Waals surface area contributed by atoms with Crippen LogP contribution in [0.4, 0.5) is 4.79 Å². The molecule has 0 bridgehead atoms. The molecule has 0 spiro atoms. The van der Waals surface area contributed by atoms with Gasteiger partial charge in [-0.05, 0) is 10.6 Å². The summed E-state index contributed by atoms with van der Waals surface area (Å²) in [4.78, 5) is 35.3. The highest BCUT2D eigenvalue weighted by atomic mass is 28.3. The van der Waals surface area contributed by atoms with Gasteiger partial charge >= 0.3 is 12.1 Å². The van der Waals surface area contributed by atoms with Crippen LogP contribution in [0.25, 0.3) is 0 Å². The zero-order chi connectivity index (χ0) is 24.4. The molecule has 0 aromatic heterocycles. The third-order valence-electron chi connectivity index (χ3n) is 5.33. The quantitative estimate of drug-likeness (QED) is 0.330. The third kappa shape index (κ3) is 9.98. The van der Waals surface area contributed by atoms with Gasteiger partial charge in [0.25, 0.3) is 0 Å². The molecule has 1 rings (SSSR count). The smallest absolute Gasteiger partial charge is 0.407 e. The summed E-state index contributed by atoms with van der Waals surface area (Å²) in [5, 5.41) is 24.1. The Morgan fingerprint density at radius 2 is 1.78 bits per heavy atom. The first-order chi connectivity index (χ1) is 14.8. The Balaban J connectivity index is 2.45. The maximum atomic E-state index is 12.1. The number of aliphatic carboxylic acids is 1. The first kappa shape index (κ1) is 27.2. The lowest BCUT2D eigenvalue weighted by Crippen LogP contribution is -2.43. The summed E-state index contributed by atoms with van der Waals surface area (Å²) in [5.74, 6) is 1.09. The van der Waals surface area contributed by atoms with Gasteiger partial charge < -0.3 is 25.6 Å². The maximum absolute atomic E-state index is 12.1. The number of rotatable bonds is 9. The zero-order valence-corrected chi connectivity index (χ0v) is 20.4. The van der Waals surface area contributed by atoms with Crippen molar-refractivity contribution in [1.29, 1.82) is 0 Å². The minimum Gasteiger partial charge on any atom is -0.480 e. The minimum absolute atomic E-state index is 0.0201. The van der Waals surface area contributed by atoms with Gasteiger partial charge in [-0.1, -0.05) is 64.2 Å². The molecule has 0 saturated carbocycles. The molecule has 0 heterocycles. The predicted octanol–water partition coefficient (Wildman–Crippen LogP) is 2.67. The second-order valence-electron chi connectivity index (χ2n) is 9.14. The van der Waals surface area contributed by atoms with E-state index in [1.807, 2.05) is 30.3 Å². The molecule has 2 atom stereocenters. The Morgan fingerprint density at radius 3 is 2.34 bits per heavy atom. The molecule has 176 valence electrons. The van der Waals surface area contributed by atoms with Crippen LogP contribution in [0.5, 0.6) is 0 Å². The lowest BCUT2D eigenvalue weighted by Gasteiger charge is -2.31. The fourth-order valence-electron chi connectivity index (χ4n) is 2.28. The number of hydrogen-bond acceptors (Lipinski definition) is 5. The van der Waals surface area contributed by atoms with Crippen LogP contribution < -0.4 is 10.6 Å². The molecule has 1 aromatic rings. The molecule has 0 fully saturated rings. The number of carbonyl (C=O) groups excluding carboxylic acids is 2. The monoisotopic (exact) mass is 462 g/mol. The summed E-state index contributed by atoms with van der Waals surface area (Å²) in [7, 11) is -1.88. The van der Waals surface area contributed by atoms with Crippen molar-refractivity contribution in [2.24, 2.45) is 0 Å². The van der Waals surface area contributed by atoms with Gasteiger partial charge in [-0.3, -0.25) is 4.79 Å². The molecule has 0 saturated heterocycles. The van der Waals surface area contributed by atoms with Gasteiger partial charge in [0, 0.05) is 13.0 Å². The predicted molar refractivity (Wildman–Crippen MR) is 124 cm³/mol. The van der Waals surface area contributed by atoms with Crippen molar-refractivity contribution in [2.45, 2.75) is 70.5 Å². The highest BCUT2D eigenvalue weighted by molar-refractivity contribution is 6.87. The fourth-order valence-corrected chi connectivity index (χ4v) is 3.20. The highest BCUT2D eigenvalue weighted by Gasteiger charge is 2.33. The number of amides is 2. The maximum Gasteiger partial charge on any atom is 0.407 e. The Bertz CT molecular complexity index is 840. The van der Waals surface area contributed by atoms with Gasteiger partial charge in [0.2, 0.25) is 5.91 Å². The molecular weight excluding hydrogens is 428 g/mol. The average Bonchev–Trinajstić information content (AvgIpc) is 2.69. The van der Waals surface area contributed by atoms with Crippen molar-refractivity contribution in [2.75, 3.05) is 6.54 Å². The van der Waals surface area contributed by atoms with E-state index in [4.69, 9.17) is 4.74 Å². The van der Waals surface area contributed by atoms with Crippen molar-refractivity contribution in [3.63, 3.8) is 0 Å². The standard InChI is InChI=1S/C23H34N2O6Si/c1-23(2,3)32(4,5)13-9-12-19(21(28)29)25-20(27)14-18(26)15-24-22(30)31-16-17-10-7-6-8-11-17/h6-8,10-11,18-19,26H,12,14-16H2,1-5H3,(H,24,30)(H,25,27)(H,28,29)/t18-,19+/m1/s1. The van der Waals surface area contributed by atoms with Gasteiger partial charge in [-0.25, -0.2) is 9.59 Å². The normalized spacial score (nSPS) is 13.2. The van der Waals surface area contributed by atoms with E-state index in [2.05, 4.69) is 56.0 Å². The third-order valence-corrected chi connectivity index (χ3v) is 9.88. The zero-order valence-electron chi connectivity index (χ0n) is 19.4. The van der Waals surface area contributed by atoms with E-state index in [1.54, 1.807) is 0 Å². The van der Waals surface area contributed by atoms with E-state index >= 15 is 0 Å². The van der Waals surface area contributed by atoms with Crippen molar-refractivity contribution >= 4 is 26.0 Å². The lowest BCUT2D eigenvalue weighted by molar-refractivity contribution is -0.142. The molecular formula is C23H34N2O6Si. The van der Waals surface area contributed by atoms with E-state index in [9.17, 15) is 24.6 Å². The molecule has 0 radical (unpaired) electrons. The Kier molecular flexibility index (Phi) is 10.4. The number of alkyl carbamates (subject to hydrolysis) is 1. The van der Waals surface area contributed by atoms with E-state index in [1.165, 1.54) is 0 Å². The van der Waals surface area contributed by atoms with Crippen LogP contribution in [0.1, 0.15) is 39.2 Å². The van der Waals surface area contributed by atoms with Crippen LogP contribution in [0.2, 0.25) is 18.1 Å². The molecule has 0 unspecified atom stereocenters. The Morgan fingerprint density at radius 1 is 1.16 bits per heavy atom. The summed E-state index contributed by atoms with van der Waals surface area (Å²) in [6.45, 7) is 10.4. The Labute approximate surface area is 190 Å².